The highest BCUT2D eigenvalue weighted by Gasteiger charge is 2.17. The molecule has 1 unspecified atom stereocenters. The lowest BCUT2D eigenvalue weighted by molar-refractivity contribution is 0.601. The Morgan fingerprint density at radius 3 is 3.11 bits per heavy atom. The monoisotopic (exact) mass is 340 g/mol. The molecule has 100 valence electrons. The molecule has 0 aliphatic carbocycles. The van der Waals surface area contributed by atoms with Gasteiger partial charge in [0.05, 0.1) is 10.7 Å². The van der Waals surface area contributed by atoms with Gasteiger partial charge in [0, 0.05) is 27.9 Å². The maximum absolute atomic E-state index is 13.9. The summed E-state index contributed by atoms with van der Waals surface area (Å²) in [6, 6.07) is 5.63. The summed E-state index contributed by atoms with van der Waals surface area (Å²) in [6.07, 6.45) is 3.40. The van der Waals surface area contributed by atoms with E-state index in [1.165, 1.54) is 18.9 Å². The topological polar surface area (TPSA) is 24.9 Å². The van der Waals surface area contributed by atoms with Gasteiger partial charge in [-0.15, -0.1) is 11.3 Å². The predicted molar refractivity (Wildman–Crippen MR) is 79.9 cm³/mol. The molecule has 0 amide bonds. The number of thiazole rings is 1. The van der Waals surface area contributed by atoms with Crippen molar-refractivity contribution >= 4 is 27.3 Å². The van der Waals surface area contributed by atoms with Gasteiger partial charge in [-0.1, -0.05) is 15.9 Å². The summed E-state index contributed by atoms with van der Waals surface area (Å²) in [5, 5.41) is 6.48. The van der Waals surface area contributed by atoms with E-state index < -0.39 is 0 Å². The van der Waals surface area contributed by atoms with Gasteiger partial charge >= 0.3 is 0 Å². The summed E-state index contributed by atoms with van der Waals surface area (Å²) >= 11 is 4.88. The number of rotatable bonds is 3. The molecule has 1 aromatic heterocycles. The van der Waals surface area contributed by atoms with E-state index in [0.29, 0.717) is 11.6 Å². The van der Waals surface area contributed by atoms with Crippen LogP contribution in [0.5, 0.6) is 0 Å². The first-order valence-electron chi connectivity index (χ1n) is 6.35. The van der Waals surface area contributed by atoms with Crippen molar-refractivity contribution in [1.29, 1.82) is 0 Å². The minimum atomic E-state index is -0.231. The van der Waals surface area contributed by atoms with Gasteiger partial charge in [0.1, 0.15) is 5.82 Å². The average Bonchev–Trinajstić information content (AvgIpc) is 3.01. The molecule has 2 nitrogen and oxygen atoms in total. The van der Waals surface area contributed by atoms with E-state index in [4.69, 9.17) is 0 Å². The maximum atomic E-state index is 13.9. The molecule has 0 spiro atoms. The Balaban J connectivity index is 1.80. The number of benzene rings is 1. The summed E-state index contributed by atoms with van der Waals surface area (Å²) in [7, 11) is 0. The van der Waals surface area contributed by atoms with Crippen LogP contribution in [0.4, 0.5) is 4.39 Å². The van der Waals surface area contributed by atoms with Gasteiger partial charge in [-0.25, -0.2) is 9.37 Å². The molecule has 1 fully saturated rings. The van der Waals surface area contributed by atoms with Gasteiger partial charge in [0.2, 0.25) is 0 Å². The molecular formula is C14H14BrFN2S. The normalized spacial score (nSPS) is 18.9. The highest BCUT2D eigenvalue weighted by molar-refractivity contribution is 9.10. The Kier molecular flexibility index (Phi) is 3.96. The fraction of sp³-hybridized carbons (Fsp3) is 0.357. The fourth-order valence-corrected chi connectivity index (χ4v) is 3.58. The number of hydrogen-bond donors (Lipinski definition) is 1. The third-order valence-electron chi connectivity index (χ3n) is 3.34. The second-order valence-electron chi connectivity index (χ2n) is 4.75. The quantitative estimate of drug-likeness (QED) is 0.913. The molecule has 0 bridgehead atoms. The number of nitrogens with one attached hydrogen (secondary N) is 1. The van der Waals surface area contributed by atoms with Crippen molar-refractivity contribution in [2.75, 3.05) is 6.54 Å². The summed E-state index contributed by atoms with van der Waals surface area (Å²) in [6.45, 7) is 1.10. The van der Waals surface area contributed by atoms with Gasteiger partial charge in [0.25, 0.3) is 0 Å². The molecule has 1 aliphatic heterocycles. The highest BCUT2D eigenvalue weighted by Crippen LogP contribution is 2.27. The van der Waals surface area contributed by atoms with Crippen molar-refractivity contribution in [2.24, 2.45) is 0 Å². The van der Waals surface area contributed by atoms with Crippen LogP contribution in [0.25, 0.3) is 11.3 Å². The lowest BCUT2D eigenvalue weighted by Crippen LogP contribution is -2.23. The molecular weight excluding hydrogens is 327 g/mol. The molecule has 19 heavy (non-hydrogen) atoms. The molecule has 1 aromatic carbocycles. The van der Waals surface area contributed by atoms with Crippen LogP contribution in [0.3, 0.4) is 0 Å². The van der Waals surface area contributed by atoms with Crippen LogP contribution in [0.2, 0.25) is 0 Å². The maximum Gasteiger partial charge on any atom is 0.133 e. The van der Waals surface area contributed by atoms with Crippen molar-refractivity contribution in [3.8, 4) is 11.3 Å². The molecule has 1 aliphatic rings. The third kappa shape index (κ3) is 3.04. The van der Waals surface area contributed by atoms with E-state index in [1.54, 1.807) is 17.4 Å². The van der Waals surface area contributed by atoms with Crippen LogP contribution >= 0.6 is 27.3 Å². The molecule has 3 rings (SSSR count). The van der Waals surface area contributed by atoms with Crippen molar-refractivity contribution in [3.63, 3.8) is 0 Å². The van der Waals surface area contributed by atoms with E-state index in [0.717, 1.165) is 28.1 Å². The Morgan fingerprint density at radius 2 is 2.37 bits per heavy atom. The van der Waals surface area contributed by atoms with Gasteiger partial charge in [-0.2, -0.15) is 0 Å². The van der Waals surface area contributed by atoms with E-state index in [2.05, 4.69) is 26.2 Å². The summed E-state index contributed by atoms with van der Waals surface area (Å²) in [4.78, 5) is 4.56. The zero-order valence-corrected chi connectivity index (χ0v) is 12.7. The van der Waals surface area contributed by atoms with Crippen LogP contribution in [-0.4, -0.2) is 17.6 Å². The van der Waals surface area contributed by atoms with Crippen molar-refractivity contribution in [2.45, 2.75) is 25.3 Å². The van der Waals surface area contributed by atoms with Crippen molar-refractivity contribution in [1.82, 2.24) is 10.3 Å². The third-order valence-corrected chi connectivity index (χ3v) is 4.71. The smallest absolute Gasteiger partial charge is 0.133 e. The molecule has 1 N–H and O–H groups in total. The highest BCUT2D eigenvalue weighted by atomic mass is 79.9. The zero-order chi connectivity index (χ0) is 13.2. The zero-order valence-electron chi connectivity index (χ0n) is 10.3. The van der Waals surface area contributed by atoms with E-state index in [1.807, 2.05) is 11.4 Å². The molecule has 0 saturated carbocycles. The van der Waals surface area contributed by atoms with Gasteiger partial charge in [0.15, 0.2) is 0 Å². The van der Waals surface area contributed by atoms with Crippen LogP contribution in [0, 0.1) is 5.82 Å². The van der Waals surface area contributed by atoms with Crippen LogP contribution < -0.4 is 5.32 Å². The second-order valence-corrected chi connectivity index (χ2v) is 6.61. The standard InChI is InChI=1S/C14H14BrFN2S/c15-9-3-4-11(12(16)6-9)13-8-19-14(18-13)7-10-2-1-5-17-10/h3-4,6,8,10,17H,1-2,5,7H2. The number of nitrogens with zero attached hydrogens (tertiary/aromatic N) is 1. The molecule has 2 heterocycles. The van der Waals surface area contributed by atoms with E-state index in [9.17, 15) is 4.39 Å². The number of hydrogen-bond acceptors (Lipinski definition) is 3. The first-order valence-corrected chi connectivity index (χ1v) is 8.03. The van der Waals surface area contributed by atoms with Gasteiger partial charge in [-0.05, 0) is 37.6 Å². The van der Waals surface area contributed by atoms with Crippen LogP contribution in [0.1, 0.15) is 17.8 Å². The molecule has 5 heteroatoms. The van der Waals surface area contributed by atoms with Crippen molar-refractivity contribution in [3.05, 3.63) is 38.9 Å². The summed E-state index contributed by atoms with van der Waals surface area (Å²) in [5.41, 5.74) is 1.31. The van der Waals surface area contributed by atoms with E-state index in [-0.39, 0.29) is 5.82 Å². The largest absolute Gasteiger partial charge is 0.314 e. The molecule has 1 saturated heterocycles. The predicted octanol–water partition coefficient (Wildman–Crippen LogP) is 4.01. The minimum absolute atomic E-state index is 0.231. The van der Waals surface area contributed by atoms with E-state index >= 15 is 0 Å². The summed E-state index contributed by atoms with van der Waals surface area (Å²) in [5.74, 6) is -0.231. The number of aromatic nitrogens is 1. The SMILES string of the molecule is Fc1cc(Br)ccc1-c1csc(CC2CCCN2)n1. The lowest BCUT2D eigenvalue weighted by Gasteiger charge is -2.06. The average molecular weight is 341 g/mol. The van der Waals surface area contributed by atoms with Gasteiger partial charge in [-0.3, -0.25) is 0 Å². The first kappa shape index (κ1) is 13.2. The minimum Gasteiger partial charge on any atom is -0.314 e. The Bertz CT molecular complexity index is 579. The van der Waals surface area contributed by atoms with Gasteiger partial charge < -0.3 is 5.32 Å². The fourth-order valence-electron chi connectivity index (χ4n) is 2.37. The van der Waals surface area contributed by atoms with Crippen LogP contribution in [0.15, 0.2) is 28.1 Å². The second kappa shape index (κ2) is 5.69. The molecule has 0 radical (unpaired) electrons. The van der Waals surface area contributed by atoms with Crippen LogP contribution in [-0.2, 0) is 6.42 Å². The lowest BCUT2D eigenvalue weighted by atomic mass is 10.1. The summed E-state index contributed by atoms with van der Waals surface area (Å²) < 4.78 is 14.6. The molecule has 1 atom stereocenters. The Labute approximate surface area is 124 Å². The van der Waals surface area contributed by atoms with Crippen molar-refractivity contribution < 1.29 is 4.39 Å². The molecule has 2 aromatic rings. The first-order chi connectivity index (χ1) is 9.22. The number of halogens is 2. The Hall–Kier alpha value is -0.780. The Morgan fingerprint density at radius 1 is 1.47 bits per heavy atom.